The van der Waals surface area contributed by atoms with Crippen LogP contribution in [0.15, 0.2) is 42.5 Å². The van der Waals surface area contributed by atoms with E-state index in [1.54, 1.807) is 36.4 Å². The van der Waals surface area contributed by atoms with Crippen LogP contribution in [0.1, 0.15) is 24.1 Å². The highest BCUT2D eigenvalue weighted by Crippen LogP contribution is 2.25. The van der Waals surface area contributed by atoms with Crippen molar-refractivity contribution < 1.29 is 4.79 Å². The number of nitrogens with zero attached hydrogens (tertiary/aromatic N) is 1. The predicted octanol–water partition coefficient (Wildman–Crippen LogP) is 4.15. The van der Waals surface area contributed by atoms with Gasteiger partial charge in [-0.2, -0.15) is 5.26 Å². The van der Waals surface area contributed by atoms with Gasteiger partial charge in [0.05, 0.1) is 18.2 Å². The van der Waals surface area contributed by atoms with Crippen molar-refractivity contribution in [1.29, 1.82) is 5.26 Å². The molecule has 0 aromatic heterocycles. The van der Waals surface area contributed by atoms with Crippen molar-refractivity contribution in [3.05, 3.63) is 63.6 Å². The lowest BCUT2D eigenvalue weighted by atomic mass is 10.1. The minimum absolute atomic E-state index is 0.101. The molecule has 0 spiro atoms. The van der Waals surface area contributed by atoms with Gasteiger partial charge in [-0.15, -0.1) is 0 Å². The van der Waals surface area contributed by atoms with Gasteiger partial charge in [0, 0.05) is 21.8 Å². The van der Waals surface area contributed by atoms with Crippen molar-refractivity contribution in [2.45, 2.75) is 13.0 Å². The van der Waals surface area contributed by atoms with Gasteiger partial charge in [0.2, 0.25) is 5.91 Å². The molecule has 2 rings (SSSR count). The molecule has 118 valence electrons. The first-order chi connectivity index (χ1) is 11.0. The molecule has 2 N–H and O–H groups in total. The number of hydrogen-bond donors (Lipinski definition) is 2. The highest BCUT2D eigenvalue weighted by Gasteiger charge is 2.11. The van der Waals surface area contributed by atoms with Gasteiger partial charge in [-0.3, -0.25) is 4.79 Å². The molecule has 0 unspecified atom stereocenters. The summed E-state index contributed by atoms with van der Waals surface area (Å²) in [6.07, 6.45) is 0. The molecule has 1 amide bonds. The van der Waals surface area contributed by atoms with Crippen LogP contribution in [0.2, 0.25) is 10.0 Å². The highest BCUT2D eigenvalue weighted by atomic mass is 35.5. The first kappa shape index (κ1) is 17.3. The predicted molar refractivity (Wildman–Crippen MR) is 92.7 cm³/mol. The topological polar surface area (TPSA) is 64.9 Å². The van der Waals surface area contributed by atoms with Crippen molar-refractivity contribution in [3.63, 3.8) is 0 Å². The van der Waals surface area contributed by atoms with Crippen molar-refractivity contribution in [1.82, 2.24) is 5.32 Å². The van der Waals surface area contributed by atoms with Gasteiger partial charge in [-0.25, -0.2) is 0 Å². The second kappa shape index (κ2) is 7.98. The number of carbonyl (C=O) groups is 1. The van der Waals surface area contributed by atoms with Crippen molar-refractivity contribution >= 4 is 34.8 Å². The summed E-state index contributed by atoms with van der Waals surface area (Å²) in [6.45, 7) is 2.04. The molecule has 0 heterocycles. The summed E-state index contributed by atoms with van der Waals surface area (Å²) in [6, 6.07) is 13.9. The maximum Gasteiger partial charge on any atom is 0.238 e. The number of benzene rings is 2. The molecule has 1 atom stereocenters. The molecule has 2 aromatic carbocycles. The number of carbonyl (C=O) groups excluding carboxylic acids is 1. The van der Waals surface area contributed by atoms with Crippen LogP contribution in [0.25, 0.3) is 0 Å². The van der Waals surface area contributed by atoms with Gasteiger partial charge >= 0.3 is 0 Å². The third kappa shape index (κ3) is 4.97. The number of nitriles is 1. The number of rotatable bonds is 5. The molecule has 0 fully saturated rings. The summed E-state index contributed by atoms with van der Waals surface area (Å²) < 4.78 is 0. The van der Waals surface area contributed by atoms with Gasteiger partial charge in [-0.1, -0.05) is 35.3 Å². The average molecular weight is 348 g/mol. The maximum absolute atomic E-state index is 12.0. The van der Waals surface area contributed by atoms with E-state index in [4.69, 9.17) is 28.5 Å². The fraction of sp³-hybridized carbons (Fsp3) is 0.176. The molecule has 0 aliphatic rings. The van der Waals surface area contributed by atoms with E-state index in [9.17, 15) is 4.79 Å². The molecule has 4 nitrogen and oxygen atoms in total. The molecule has 0 aliphatic heterocycles. The number of nitrogens with one attached hydrogen (secondary N) is 2. The minimum atomic E-state index is -0.197. The largest absolute Gasteiger partial charge is 0.325 e. The third-order valence-corrected chi connectivity index (χ3v) is 3.84. The fourth-order valence-corrected chi connectivity index (χ4v) is 2.65. The Bertz CT molecular complexity index is 756. The first-order valence-electron chi connectivity index (χ1n) is 6.98. The van der Waals surface area contributed by atoms with Gasteiger partial charge in [-0.05, 0) is 42.8 Å². The number of hydrogen-bond acceptors (Lipinski definition) is 3. The number of halogens is 2. The van der Waals surface area contributed by atoms with Crippen molar-refractivity contribution in [2.75, 3.05) is 11.9 Å². The molecule has 0 radical (unpaired) electrons. The second-order valence-electron chi connectivity index (χ2n) is 5.01. The summed E-state index contributed by atoms with van der Waals surface area (Å²) in [4.78, 5) is 12.0. The Labute approximate surface area is 145 Å². The van der Waals surface area contributed by atoms with Crippen LogP contribution in [-0.2, 0) is 4.79 Å². The lowest BCUT2D eigenvalue weighted by molar-refractivity contribution is -0.115. The minimum Gasteiger partial charge on any atom is -0.325 e. The van der Waals surface area contributed by atoms with Gasteiger partial charge in [0.25, 0.3) is 0 Å². The Morgan fingerprint density at radius 1 is 1.26 bits per heavy atom. The molecule has 23 heavy (non-hydrogen) atoms. The van der Waals surface area contributed by atoms with Gasteiger partial charge < -0.3 is 10.6 Å². The van der Waals surface area contributed by atoms with Crippen LogP contribution < -0.4 is 10.6 Å². The van der Waals surface area contributed by atoms with Crippen molar-refractivity contribution in [3.8, 4) is 6.07 Å². The normalized spacial score (nSPS) is 11.6. The number of amides is 1. The zero-order valence-corrected chi connectivity index (χ0v) is 13.9. The van der Waals surface area contributed by atoms with Crippen LogP contribution in [0.4, 0.5) is 5.69 Å². The first-order valence-corrected chi connectivity index (χ1v) is 7.73. The van der Waals surface area contributed by atoms with E-state index in [1.165, 1.54) is 0 Å². The van der Waals surface area contributed by atoms with E-state index in [-0.39, 0.29) is 18.5 Å². The SMILES string of the molecule is C[C@H](NCC(=O)Nc1cccc(C#N)c1)c1ccc(Cl)cc1Cl. The fourth-order valence-electron chi connectivity index (χ4n) is 2.08. The summed E-state index contributed by atoms with van der Waals surface area (Å²) in [5.74, 6) is -0.197. The van der Waals surface area contributed by atoms with Gasteiger partial charge in [0.15, 0.2) is 0 Å². The Balaban J connectivity index is 1.92. The quantitative estimate of drug-likeness (QED) is 0.853. The molecular formula is C17H15Cl2N3O. The van der Waals surface area contributed by atoms with Crippen LogP contribution in [0.5, 0.6) is 0 Å². The van der Waals surface area contributed by atoms with Crippen LogP contribution in [0.3, 0.4) is 0 Å². The summed E-state index contributed by atoms with van der Waals surface area (Å²) in [7, 11) is 0. The Morgan fingerprint density at radius 3 is 2.74 bits per heavy atom. The lowest BCUT2D eigenvalue weighted by Gasteiger charge is -2.16. The van der Waals surface area contributed by atoms with E-state index in [0.717, 1.165) is 5.56 Å². The van der Waals surface area contributed by atoms with Crippen LogP contribution in [-0.4, -0.2) is 12.5 Å². The highest BCUT2D eigenvalue weighted by molar-refractivity contribution is 6.35. The molecule has 0 saturated carbocycles. The molecule has 2 aromatic rings. The number of anilines is 1. The van der Waals surface area contributed by atoms with Crippen LogP contribution in [0, 0.1) is 11.3 Å². The Kier molecular flexibility index (Phi) is 6.00. The van der Waals surface area contributed by atoms with Gasteiger partial charge in [0.1, 0.15) is 0 Å². The maximum atomic E-state index is 12.0. The van der Waals surface area contributed by atoms with Crippen molar-refractivity contribution in [2.24, 2.45) is 0 Å². The molecule has 0 saturated heterocycles. The zero-order chi connectivity index (χ0) is 16.8. The molecule has 0 aliphatic carbocycles. The summed E-state index contributed by atoms with van der Waals surface area (Å²) >= 11 is 12.0. The smallest absolute Gasteiger partial charge is 0.238 e. The summed E-state index contributed by atoms with van der Waals surface area (Å²) in [5.41, 5.74) is 1.96. The monoisotopic (exact) mass is 347 g/mol. The van der Waals surface area contributed by atoms with E-state index >= 15 is 0 Å². The molecular weight excluding hydrogens is 333 g/mol. The lowest BCUT2D eigenvalue weighted by Crippen LogP contribution is -2.30. The standard InChI is InChI=1S/C17H15Cl2N3O/c1-11(15-6-5-13(18)8-16(15)19)21-10-17(23)22-14-4-2-3-12(7-14)9-20/h2-8,11,21H,10H2,1H3,(H,22,23)/t11-/m0/s1. The average Bonchev–Trinajstić information content (AvgIpc) is 2.53. The molecule has 6 heteroatoms. The van der Waals surface area contributed by atoms with Crippen LogP contribution >= 0.6 is 23.2 Å². The Morgan fingerprint density at radius 2 is 2.04 bits per heavy atom. The van der Waals surface area contributed by atoms with E-state index in [2.05, 4.69) is 10.6 Å². The molecule has 0 bridgehead atoms. The third-order valence-electron chi connectivity index (χ3n) is 3.27. The second-order valence-corrected chi connectivity index (χ2v) is 5.85. The zero-order valence-electron chi connectivity index (χ0n) is 12.4. The van der Waals surface area contributed by atoms with E-state index in [1.807, 2.05) is 19.1 Å². The summed E-state index contributed by atoms with van der Waals surface area (Å²) in [5, 5.41) is 15.8. The Hall–Kier alpha value is -2.06. The van der Waals surface area contributed by atoms with E-state index in [0.29, 0.717) is 21.3 Å². The van der Waals surface area contributed by atoms with E-state index < -0.39 is 0 Å².